The van der Waals surface area contributed by atoms with E-state index in [0.717, 1.165) is 63.8 Å². The first-order chi connectivity index (χ1) is 33.0. The Morgan fingerprint density at radius 3 is 1.72 bits per heavy atom. The highest BCUT2D eigenvalue weighted by atomic mass is 32.1. The van der Waals surface area contributed by atoms with E-state index >= 15 is 0 Å². The second-order valence-electron chi connectivity index (χ2n) is 16.7. The fourth-order valence-corrected chi connectivity index (χ4v) is 9.95. The molecule has 1 atom stereocenters. The second-order valence-corrected chi connectivity index (χ2v) is 17.8. The number of ether oxygens (including phenoxy) is 1. The van der Waals surface area contributed by atoms with Crippen LogP contribution in [-0.2, 0) is 13.0 Å². The van der Waals surface area contributed by atoms with Gasteiger partial charge in [0, 0.05) is 64.0 Å². The third-order valence-corrected chi connectivity index (χ3v) is 13.3. The fraction of sp³-hybridized carbons (Fsp3) is 0.145. The maximum Gasteiger partial charge on any atom is 0.123 e. The summed E-state index contributed by atoms with van der Waals surface area (Å²) in [6.45, 7) is 9.84. The summed E-state index contributed by atoms with van der Waals surface area (Å²) >= 11 is 1.81. The number of benzene rings is 8. The summed E-state index contributed by atoms with van der Waals surface area (Å²) in [5.41, 5.74) is 16.3. The molecule has 4 nitrogen and oxygen atoms in total. The number of hydrogen-bond donors (Lipinski definition) is 0. The number of nitrogens with zero attached hydrogens (tertiary/aromatic N) is 3. The lowest BCUT2D eigenvalue weighted by molar-refractivity contribution is 0.320. The van der Waals surface area contributed by atoms with Crippen LogP contribution in [0.1, 0.15) is 61.7 Å². The summed E-state index contributed by atoms with van der Waals surface area (Å²) < 4.78 is 7.51. The SMILES string of the molecule is CC.CC1=C/CCOc2ccc(Cc3nc4c(-c5ccc(N(c6ccccc6)c6ccccc6)cc5)ccc(-c5ccc(CN(c6ccccc6)c6ccccc6)cc5)c4s3)cc2C(C)/C=C\1. The smallest absolute Gasteiger partial charge is 0.123 e. The topological polar surface area (TPSA) is 28.6 Å². The van der Waals surface area contributed by atoms with E-state index in [1.165, 1.54) is 49.5 Å². The van der Waals surface area contributed by atoms with Gasteiger partial charge in [0.05, 0.1) is 21.8 Å². The number of allylic oxidation sites excluding steroid dienone is 3. The number of rotatable bonds is 11. The molecule has 1 aliphatic heterocycles. The Kier molecular flexibility index (Phi) is 14.2. The molecule has 0 saturated carbocycles. The quantitative estimate of drug-likeness (QED) is 0.129. The molecule has 0 N–H and O–H groups in total. The molecule has 9 aromatic rings. The van der Waals surface area contributed by atoms with Crippen molar-refractivity contribution in [3.05, 3.63) is 246 Å². The zero-order valence-electron chi connectivity index (χ0n) is 38.8. The van der Waals surface area contributed by atoms with Gasteiger partial charge in [0.2, 0.25) is 0 Å². The molecule has 0 aliphatic carbocycles. The maximum atomic E-state index is 6.32. The number of anilines is 5. The molecule has 10 rings (SSSR count). The first-order valence-electron chi connectivity index (χ1n) is 23.5. The van der Waals surface area contributed by atoms with E-state index in [-0.39, 0.29) is 5.92 Å². The maximum absolute atomic E-state index is 6.32. The van der Waals surface area contributed by atoms with Gasteiger partial charge < -0.3 is 14.5 Å². The largest absolute Gasteiger partial charge is 0.493 e. The highest BCUT2D eigenvalue weighted by Gasteiger charge is 2.19. The van der Waals surface area contributed by atoms with E-state index in [1.54, 1.807) is 11.3 Å². The van der Waals surface area contributed by atoms with Gasteiger partial charge in [0.25, 0.3) is 0 Å². The van der Waals surface area contributed by atoms with Gasteiger partial charge in [-0.2, -0.15) is 0 Å². The third-order valence-electron chi connectivity index (χ3n) is 12.2. The number of aromatic nitrogens is 1. The summed E-state index contributed by atoms with van der Waals surface area (Å²) in [7, 11) is 0. The molecular weight excluding hydrogens is 835 g/mol. The minimum atomic E-state index is 0.220. The van der Waals surface area contributed by atoms with Crippen LogP contribution in [0.5, 0.6) is 5.75 Å². The summed E-state index contributed by atoms with van der Waals surface area (Å²) in [5.74, 6) is 1.19. The van der Waals surface area contributed by atoms with Crippen molar-refractivity contribution in [3.63, 3.8) is 0 Å². The van der Waals surface area contributed by atoms with Gasteiger partial charge in [-0.3, -0.25) is 0 Å². The third kappa shape index (κ3) is 10.3. The molecule has 1 aromatic heterocycles. The zero-order valence-corrected chi connectivity index (χ0v) is 39.7. The van der Waals surface area contributed by atoms with Crippen LogP contribution in [0.2, 0.25) is 0 Å². The van der Waals surface area contributed by atoms with Crippen molar-refractivity contribution in [1.29, 1.82) is 0 Å². The van der Waals surface area contributed by atoms with E-state index in [2.05, 4.69) is 242 Å². The van der Waals surface area contributed by atoms with Crippen LogP contribution in [0.4, 0.5) is 28.4 Å². The summed E-state index contributed by atoms with van der Waals surface area (Å²) in [4.78, 5) is 10.2. The van der Waals surface area contributed by atoms with Crippen molar-refractivity contribution in [2.45, 2.75) is 53.0 Å². The van der Waals surface area contributed by atoms with Crippen LogP contribution in [0.15, 0.2) is 224 Å². The van der Waals surface area contributed by atoms with Gasteiger partial charge in [-0.25, -0.2) is 4.98 Å². The van der Waals surface area contributed by atoms with Crippen LogP contribution < -0.4 is 14.5 Å². The van der Waals surface area contributed by atoms with Gasteiger partial charge in [-0.05, 0) is 102 Å². The van der Waals surface area contributed by atoms with Crippen molar-refractivity contribution in [1.82, 2.24) is 4.98 Å². The first kappa shape index (κ1) is 44.7. The molecule has 0 saturated heterocycles. The number of thiazole rings is 1. The van der Waals surface area contributed by atoms with Gasteiger partial charge in [0.15, 0.2) is 0 Å². The van der Waals surface area contributed by atoms with Crippen molar-refractivity contribution >= 4 is 50.0 Å². The molecule has 1 unspecified atom stereocenters. The minimum absolute atomic E-state index is 0.220. The van der Waals surface area contributed by atoms with Crippen LogP contribution in [0.25, 0.3) is 32.5 Å². The highest BCUT2D eigenvalue weighted by molar-refractivity contribution is 7.19. The van der Waals surface area contributed by atoms with E-state index in [1.807, 2.05) is 13.8 Å². The molecule has 2 heterocycles. The predicted octanol–water partition coefficient (Wildman–Crippen LogP) is 17.4. The van der Waals surface area contributed by atoms with Crippen LogP contribution in [0, 0.1) is 0 Å². The number of para-hydroxylation sites is 4. The lowest BCUT2D eigenvalue weighted by atomic mass is 9.95. The van der Waals surface area contributed by atoms with E-state index in [4.69, 9.17) is 9.72 Å². The molecular formula is C62H57N3OS. The van der Waals surface area contributed by atoms with Gasteiger partial charge >= 0.3 is 0 Å². The Balaban J connectivity index is 0.00000278. The molecule has 332 valence electrons. The first-order valence-corrected chi connectivity index (χ1v) is 24.4. The van der Waals surface area contributed by atoms with Gasteiger partial charge in [-0.15, -0.1) is 11.3 Å². The van der Waals surface area contributed by atoms with Crippen LogP contribution in [0.3, 0.4) is 0 Å². The number of hydrogen-bond acceptors (Lipinski definition) is 5. The van der Waals surface area contributed by atoms with Gasteiger partial charge in [-0.1, -0.05) is 178 Å². The molecule has 0 fully saturated rings. The van der Waals surface area contributed by atoms with E-state index < -0.39 is 0 Å². The van der Waals surface area contributed by atoms with Crippen molar-refractivity contribution in [3.8, 4) is 28.0 Å². The monoisotopic (exact) mass is 891 g/mol. The highest BCUT2D eigenvalue weighted by Crippen LogP contribution is 2.42. The molecule has 0 bridgehead atoms. The zero-order chi connectivity index (χ0) is 46.0. The summed E-state index contributed by atoms with van der Waals surface area (Å²) in [6.07, 6.45) is 8.40. The lowest BCUT2D eigenvalue weighted by Crippen LogP contribution is -2.16. The van der Waals surface area contributed by atoms with Crippen LogP contribution >= 0.6 is 11.3 Å². The summed E-state index contributed by atoms with van der Waals surface area (Å²) in [6, 6.07) is 71.7. The summed E-state index contributed by atoms with van der Waals surface area (Å²) in [5, 5.41) is 1.09. The molecule has 0 radical (unpaired) electrons. The van der Waals surface area contributed by atoms with Crippen molar-refractivity contribution in [2.75, 3.05) is 16.4 Å². The van der Waals surface area contributed by atoms with E-state index in [9.17, 15) is 0 Å². The van der Waals surface area contributed by atoms with Gasteiger partial charge in [0.1, 0.15) is 5.75 Å². The fourth-order valence-electron chi connectivity index (χ4n) is 8.79. The molecule has 1 aliphatic rings. The standard InChI is InChI=1S/C60H51N3OS.C2H6/c1-43-16-15-39-64-57-38-29-46(40-56(57)44(2)26-25-43)41-58-61-59-54(47-32-34-53(35-33-47)63(51-21-11-5-12-22-51)52-23-13-6-14-24-52)36-37-55(60(59)65-58)48-30-27-45(28-31-48)42-62(49-17-7-3-8-18-49)50-19-9-4-10-20-50;1-2/h3-14,16-38,40,44H,15,39,41-42H2,1-2H3;1-2H3/b26-25-,43-16-;. The van der Waals surface area contributed by atoms with Crippen LogP contribution in [-0.4, -0.2) is 11.6 Å². The molecule has 67 heavy (non-hydrogen) atoms. The van der Waals surface area contributed by atoms with Crippen molar-refractivity contribution < 1.29 is 4.74 Å². The average molecular weight is 892 g/mol. The second kappa shape index (κ2) is 21.2. The number of fused-ring (bicyclic) bond motifs is 2. The average Bonchev–Trinajstić information content (AvgIpc) is 3.82. The molecule has 0 amide bonds. The minimum Gasteiger partial charge on any atom is -0.493 e. The van der Waals surface area contributed by atoms with E-state index in [0.29, 0.717) is 6.61 Å². The molecule has 8 aromatic carbocycles. The molecule has 5 heteroatoms. The Morgan fingerprint density at radius 2 is 1.10 bits per heavy atom. The Labute approximate surface area is 400 Å². The lowest BCUT2D eigenvalue weighted by Gasteiger charge is -2.25. The van der Waals surface area contributed by atoms with Crippen molar-refractivity contribution in [2.24, 2.45) is 0 Å². The Hall–Kier alpha value is -7.47. The normalized spacial score (nSPS) is 14.6. The Morgan fingerprint density at radius 1 is 0.582 bits per heavy atom. The predicted molar refractivity (Wildman–Crippen MR) is 286 cm³/mol. The molecule has 0 spiro atoms. The Bertz CT molecular complexity index is 2990.